The lowest BCUT2D eigenvalue weighted by molar-refractivity contribution is -0.192. The maximum Gasteiger partial charge on any atom is 0.490 e. The molecule has 6 rings (SSSR count). The summed E-state index contributed by atoms with van der Waals surface area (Å²) >= 11 is 0. The molecule has 252 valence electrons. The molecule has 16 heteroatoms. The monoisotopic (exact) mass is 659 g/mol. The van der Waals surface area contributed by atoms with Gasteiger partial charge in [0.1, 0.15) is 18.3 Å². The number of aliphatic carboxylic acids is 1. The zero-order chi connectivity index (χ0) is 33.7. The predicted molar refractivity (Wildman–Crippen MR) is 165 cm³/mol. The van der Waals surface area contributed by atoms with E-state index >= 15 is 0 Å². The van der Waals surface area contributed by atoms with E-state index in [9.17, 15) is 28.5 Å². The normalized spacial score (nSPS) is 23.1. The van der Waals surface area contributed by atoms with Crippen molar-refractivity contribution in [3.63, 3.8) is 0 Å². The molecule has 4 aromatic rings. The summed E-state index contributed by atoms with van der Waals surface area (Å²) in [4.78, 5) is 25.3. The van der Waals surface area contributed by atoms with E-state index in [0.29, 0.717) is 36.0 Å². The number of aliphatic hydroxyl groups is 3. The second-order valence-electron chi connectivity index (χ2n) is 11.3. The Morgan fingerprint density at radius 2 is 1.66 bits per heavy atom. The van der Waals surface area contributed by atoms with Crippen LogP contribution in [-0.2, 0) is 9.53 Å². The number of carboxylic acids is 1. The van der Waals surface area contributed by atoms with Crippen LogP contribution in [0.5, 0.6) is 0 Å². The molecule has 13 nitrogen and oxygen atoms in total. The Bertz CT molecular complexity index is 1590. The van der Waals surface area contributed by atoms with Gasteiger partial charge in [0.2, 0.25) is 5.95 Å². The number of ether oxygens (including phenoxy) is 1. The number of benzene rings is 2. The average molecular weight is 660 g/mol. The van der Waals surface area contributed by atoms with Gasteiger partial charge in [0.25, 0.3) is 0 Å². The van der Waals surface area contributed by atoms with E-state index in [1.165, 1.54) is 17.5 Å². The molecular weight excluding hydrogens is 623 g/mol. The van der Waals surface area contributed by atoms with Gasteiger partial charge in [0.15, 0.2) is 23.2 Å². The number of alkyl halides is 3. The zero-order valence-corrected chi connectivity index (χ0v) is 25.1. The van der Waals surface area contributed by atoms with Crippen LogP contribution in [-0.4, -0.2) is 103 Å². The minimum absolute atomic E-state index is 0.0235. The molecule has 5 atom stereocenters. The molecule has 2 aliphatic heterocycles. The lowest BCUT2D eigenvalue weighted by Gasteiger charge is -2.31. The van der Waals surface area contributed by atoms with Crippen molar-refractivity contribution in [2.75, 3.05) is 36.5 Å². The molecule has 0 spiro atoms. The molecule has 47 heavy (non-hydrogen) atoms. The number of carboxylic acid groups (broad SMARTS) is 1. The smallest absolute Gasteiger partial charge is 0.475 e. The third-order valence-electron chi connectivity index (χ3n) is 8.06. The van der Waals surface area contributed by atoms with E-state index in [1.807, 2.05) is 36.4 Å². The van der Waals surface area contributed by atoms with Crippen molar-refractivity contribution < 1.29 is 43.1 Å². The molecule has 7 N–H and O–H groups in total. The first kappa shape index (κ1) is 34.0. The van der Waals surface area contributed by atoms with Crippen molar-refractivity contribution in [1.29, 1.82) is 0 Å². The van der Waals surface area contributed by atoms with Crippen LogP contribution in [0, 0.1) is 0 Å². The molecule has 2 saturated heterocycles. The third kappa shape index (κ3) is 7.80. The molecule has 0 amide bonds. The molecule has 2 aliphatic rings. The summed E-state index contributed by atoms with van der Waals surface area (Å²) in [5.41, 5.74) is 9.60. The van der Waals surface area contributed by atoms with Gasteiger partial charge in [-0.05, 0) is 24.0 Å². The molecule has 0 aliphatic carbocycles. The molecule has 2 aromatic carbocycles. The van der Waals surface area contributed by atoms with E-state index in [0.717, 1.165) is 19.4 Å². The molecule has 0 radical (unpaired) electrons. The highest BCUT2D eigenvalue weighted by atomic mass is 19.4. The molecule has 0 unspecified atom stereocenters. The van der Waals surface area contributed by atoms with Gasteiger partial charge in [-0.15, -0.1) is 0 Å². The number of piperidine rings is 1. The molecule has 0 bridgehead atoms. The zero-order valence-electron chi connectivity index (χ0n) is 25.1. The van der Waals surface area contributed by atoms with Crippen LogP contribution in [0.4, 0.5) is 24.9 Å². The lowest BCUT2D eigenvalue weighted by Crippen LogP contribution is -2.43. The van der Waals surface area contributed by atoms with Crippen LogP contribution in [0.15, 0.2) is 67.0 Å². The second kappa shape index (κ2) is 14.6. The van der Waals surface area contributed by atoms with Crippen molar-refractivity contribution in [3.05, 3.63) is 78.1 Å². The van der Waals surface area contributed by atoms with E-state index in [1.54, 1.807) is 4.57 Å². The summed E-state index contributed by atoms with van der Waals surface area (Å²) in [6.45, 7) is 1.54. The molecule has 2 fully saturated rings. The fourth-order valence-electron chi connectivity index (χ4n) is 5.65. The van der Waals surface area contributed by atoms with E-state index in [4.69, 9.17) is 30.3 Å². The summed E-state index contributed by atoms with van der Waals surface area (Å²) in [6.07, 6.45) is -6.03. The first-order valence-electron chi connectivity index (χ1n) is 15.0. The largest absolute Gasteiger partial charge is 0.490 e. The first-order valence-corrected chi connectivity index (χ1v) is 15.0. The quantitative estimate of drug-likeness (QED) is 0.162. The summed E-state index contributed by atoms with van der Waals surface area (Å²) in [5.74, 6) is -1.63. The van der Waals surface area contributed by atoms with Gasteiger partial charge in [-0.3, -0.25) is 4.57 Å². The number of carbonyl (C=O) groups is 1. The Morgan fingerprint density at radius 1 is 1.04 bits per heavy atom. The topological polar surface area (TPSA) is 192 Å². The highest BCUT2D eigenvalue weighted by molar-refractivity contribution is 5.84. The van der Waals surface area contributed by atoms with Gasteiger partial charge >= 0.3 is 12.1 Å². The van der Waals surface area contributed by atoms with Gasteiger partial charge in [0, 0.05) is 31.6 Å². The number of aliphatic hydroxyl groups excluding tert-OH is 3. The Hall–Kier alpha value is -4.35. The number of halogens is 3. The molecular formula is C31H36F3N7O6. The predicted octanol–water partition coefficient (Wildman–Crippen LogP) is 2.24. The average Bonchev–Trinajstić information content (AvgIpc) is 3.61. The van der Waals surface area contributed by atoms with E-state index in [2.05, 4.69) is 39.5 Å². The number of aromatic nitrogens is 4. The number of nitrogens with two attached hydrogens (primary N) is 1. The number of hydrogen-bond donors (Lipinski definition) is 6. The number of rotatable bonds is 8. The second-order valence-corrected chi connectivity index (χ2v) is 11.3. The van der Waals surface area contributed by atoms with Crippen molar-refractivity contribution in [3.8, 4) is 0 Å². The summed E-state index contributed by atoms with van der Waals surface area (Å²) in [7, 11) is 0. The maximum atomic E-state index is 10.7. The lowest BCUT2D eigenvalue weighted by atomic mass is 9.91. The summed E-state index contributed by atoms with van der Waals surface area (Å²) in [6, 6.07) is 20.7. The number of nitrogens with one attached hydrogen (secondary N) is 1. The molecule has 4 heterocycles. The van der Waals surface area contributed by atoms with Gasteiger partial charge < -0.3 is 41.1 Å². The van der Waals surface area contributed by atoms with Crippen molar-refractivity contribution in [2.45, 2.75) is 55.5 Å². The van der Waals surface area contributed by atoms with Gasteiger partial charge in [-0.25, -0.2) is 9.78 Å². The van der Waals surface area contributed by atoms with Crippen LogP contribution in [0.3, 0.4) is 0 Å². The number of nitrogens with zero attached hydrogens (tertiary/aromatic N) is 5. The Kier molecular flexibility index (Phi) is 10.6. The van der Waals surface area contributed by atoms with Gasteiger partial charge in [0.05, 0.1) is 12.9 Å². The van der Waals surface area contributed by atoms with Crippen molar-refractivity contribution in [2.24, 2.45) is 5.73 Å². The van der Waals surface area contributed by atoms with Gasteiger partial charge in [-0.1, -0.05) is 60.7 Å². The maximum absolute atomic E-state index is 10.7. The fourth-order valence-corrected chi connectivity index (χ4v) is 5.65. The number of imidazole rings is 1. The van der Waals surface area contributed by atoms with E-state index in [-0.39, 0.29) is 12.0 Å². The number of fused-ring (bicyclic) bond motifs is 1. The highest BCUT2D eigenvalue weighted by Gasteiger charge is 2.44. The number of anilines is 2. The SMILES string of the molecule is N[C@@H]1CCCN(c2nc(NCC(c3ccccc3)c3ccccc3)c3ncn([C@@H]4O[C@H](CO)[C@@H](O)[C@H]4O)c3n2)C1.O=C(O)C(F)(F)F. The van der Waals surface area contributed by atoms with Crippen LogP contribution >= 0.6 is 0 Å². The summed E-state index contributed by atoms with van der Waals surface area (Å²) in [5, 5.41) is 41.4. The first-order chi connectivity index (χ1) is 22.5. The van der Waals surface area contributed by atoms with Crippen LogP contribution in [0.2, 0.25) is 0 Å². The van der Waals surface area contributed by atoms with Crippen molar-refractivity contribution in [1.82, 2.24) is 19.5 Å². The van der Waals surface area contributed by atoms with Crippen LogP contribution in [0.1, 0.15) is 36.1 Å². The molecule has 2 aromatic heterocycles. The minimum Gasteiger partial charge on any atom is -0.475 e. The van der Waals surface area contributed by atoms with Crippen molar-refractivity contribution >= 4 is 28.9 Å². The molecule has 0 saturated carbocycles. The third-order valence-corrected chi connectivity index (χ3v) is 8.06. The van der Waals surface area contributed by atoms with Crippen LogP contribution < -0.4 is 16.0 Å². The van der Waals surface area contributed by atoms with E-state index < -0.39 is 43.3 Å². The highest BCUT2D eigenvalue weighted by Crippen LogP contribution is 2.34. The Labute approximate surface area is 267 Å². The summed E-state index contributed by atoms with van der Waals surface area (Å²) < 4.78 is 39.1. The minimum atomic E-state index is -5.08. The Balaban J connectivity index is 0.000000559. The Morgan fingerprint density at radius 3 is 2.19 bits per heavy atom. The number of hydrogen-bond acceptors (Lipinski definition) is 11. The van der Waals surface area contributed by atoms with Crippen LogP contribution in [0.25, 0.3) is 11.2 Å². The fraction of sp³-hybridized carbons (Fsp3) is 0.419. The standard InChI is InChI=1S/C29H35N7O4.C2HF3O2/c30-20-12-7-13-35(15-20)29-33-26(31-14-21(18-8-3-1-4-9-18)19-10-5-2-6-11-19)23-27(34-29)36(17-32-23)28-25(39)24(38)22(16-37)40-28;3-2(4,5)1(6)7/h1-6,8-11,17,20-22,24-25,28,37-39H,7,12-16,30H2,(H,31,33,34);(H,6,7)/t20-,22-,24-,25-,28-;/m1./s1. The van der Waals surface area contributed by atoms with Gasteiger partial charge in [-0.2, -0.15) is 23.1 Å².